The van der Waals surface area contributed by atoms with Crippen molar-refractivity contribution in [2.75, 3.05) is 13.7 Å². The first-order valence-corrected chi connectivity index (χ1v) is 14.2. The van der Waals surface area contributed by atoms with Crippen LogP contribution in [0, 0.1) is 28.1 Å². The molecule has 5 aliphatic rings. The van der Waals surface area contributed by atoms with Crippen LogP contribution in [-0.2, 0) is 33.3 Å². The van der Waals surface area contributed by atoms with E-state index in [0.29, 0.717) is 12.2 Å². The van der Waals surface area contributed by atoms with Crippen LogP contribution in [0.2, 0.25) is 0 Å². The number of allylic oxidation sites excluding steroid dienone is 1. The zero-order chi connectivity index (χ0) is 28.6. The van der Waals surface area contributed by atoms with E-state index < -0.39 is 52.5 Å². The van der Waals surface area contributed by atoms with Gasteiger partial charge in [0.15, 0.2) is 5.78 Å². The second kappa shape index (κ2) is 9.36. The third kappa shape index (κ3) is 3.65. The highest BCUT2D eigenvalue weighted by molar-refractivity contribution is 5.99. The topological polar surface area (TPSA) is 108 Å². The predicted molar refractivity (Wildman–Crippen MR) is 145 cm³/mol. The average molecular weight is 551 g/mol. The summed E-state index contributed by atoms with van der Waals surface area (Å²) in [5, 5.41) is 11.5. The quantitative estimate of drug-likeness (QED) is 0.437. The van der Waals surface area contributed by atoms with Gasteiger partial charge in [0, 0.05) is 47.5 Å². The van der Waals surface area contributed by atoms with Crippen LogP contribution < -0.4 is 0 Å². The molecule has 0 spiro atoms. The predicted octanol–water partition coefficient (Wildman–Crippen LogP) is 3.66. The summed E-state index contributed by atoms with van der Waals surface area (Å²) >= 11 is 0. The number of ether oxygens (including phenoxy) is 4. The molecule has 0 bridgehead atoms. The van der Waals surface area contributed by atoms with Crippen molar-refractivity contribution in [2.45, 2.75) is 77.5 Å². The standard InChI is InChI=1S/C32H38O8/c1-17-19(33)13-20-26(17)32(4)21(14-25(36)37-5)31(3)23(40-24(35)12-11-18-9-7-6-8-10-18)15-22(34)30(2)16-38-27(28(30)31)29(32)39-20/h6-12,20-23,27-29,34H,13-16H2,1-5H3/b12-11+/t20-,21-,22-,23+,27-,28+,29-,30-,31+,32-/m1/s1. The van der Waals surface area contributed by atoms with Crippen molar-refractivity contribution >= 4 is 23.8 Å². The fraction of sp³-hybridized carbons (Fsp3) is 0.594. The summed E-state index contributed by atoms with van der Waals surface area (Å²) in [6.07, 6.45) is 0.982. The Labute approximate surface area is 234 Å². The van der Waals surface area contributed by atoms with Gasteiger partial charge in [0.2, 0.25) is 0 Å². The molecule has 1 aromatic carbocycles. The molecule has 0 unspecified atom stereocenters. The van der Waals surface area contributed by atoms with Crippen LogP contribution in [0.4, 0.5) is 0 Å². The number of benzene rings is 1. The minimum Gasteiger partial charge on any atom is -0.469 e. The minimum atomic E-state index is -0.790. The van der Waals surface area contributed by atoms with Gasteiger partial charge in [-0.15, -0.1) is 0 Å². The lowest BCUT2D eigenvalue weighted by Crippen LogP contribution is -2.70. The maximum atomic E-state index is 13.2. The first-order chi connectivity index (χ1) is 19.0. The molecule has 0 radical (unpaired) electrons. The van der Waals surface area contributed by atoms with Gasteiger partial charge in [0.1, 0.15) is 6.10 Å². The molecule has 8 heteroatoms. The van der Waals surface area contributed by atoms with Crippen LogP contribution >= 0.6 is 0 Å². The monoisotopic (exact) mass is 550 g/mol. The second-order valence-electron chi connectivity index (χ2n) is 12.9. The number of hydrogen-bond acceptors (Lipinski definition) is 8. The molecule has 10 atom stereocenters. The molecule has 214 valence electrons. The molecule has 0 amide bonds. The lowest BCUT2D eigenvalue weighted by atomic mass is 9.40. The van der Waals surface area contributed by atoms with Crippen molar-refractivity contribution in [1.29, 1.82) is 0 Å². The Morgan fingerprint density at radius 3 is 2.60 bits per heavy atom. The van der Waals surface area contributed by atoms with Gasteiger partial charge in [-0.25, -0.2) is 4.79 Å². The number of hydrogen-bond donors (Lipinski definition) is 1. The summed E-state index contributed by atoms with van der Waals surface area (Å²) in [6, 6.07) is 9.48. The lowest BCUT2D eigenvalue weighted by molar-refractivity contribution is -0.247. The maximum Gasteiger partial charge on any atom is 0.331 e. The molecule has 2 aliphatic heterocycles. The van der Waals surface area contributed by atoms with Crippen molar-refractivity contribution in [1.82, 2.24) is 0 Å². The van der Waals surface area contributed by atoms with Crippen molar-refractivity contribution < 1.29 is 38.4 Å². The molecule has 2 saturated carbocycles. The fourth-order valence-electron chi connectivity index (χ4n) is 9.20. The number of ketones is 1. The number of Topliss-reactive ketones (excluding diaryl/α,β-unsaturated/α-hetero) is 1. The molecule has 2 heterocycles. The van der Waals surface area contributed by atoms with E-state index in [-0.39, 0.29) is 43.0 Å². The van der Waals surface area contributed by atoms with Crippen LogP contribution in [-0.4, -0.2) is 67.1 Å². The third-order valence-electron chi connectivity index (χ3n) is 11.0. The summed E-state index contributed by atoms with van der Waals surface area (Å²) in [5.74, 6) is -1.50. The summed E-state index contributed by atoms with van der Waals surface area (Å²) < 4.78 is 24.5. The maximum absolute atomic E-state index is 13.2. The van der Waals surface area contributed by atoms with E-state index in [4.69, 9.17) is 18.9 Å². The van der Waals surface area contributed by atoms with Gasteiger partial charge in [-0.05, 0) is 35.6 Å². The molecule has 1 aromatic rings. The highest BCUT2D eigenvalue weighted by Gasteiger charge is 2.78. The Bertz CT molecular complexity index is 1300. The molecule has 3 aliphatic carbocycles. The zero-order valence-corrected chi connectivity index (χ0v) is 23.7. The average Bonchev–Trinajstić information content (AvgIpc) is 3.54. The summed E-state index contributed by atoms with van der Waals surface area (Å²) in [6.45, 7) is 8.33. The van der Waals surface area contributed by atoms with Gasteiger partial charge < -0.3 is 24.1 Å². The molecule has 4 fully saturated rings. The van der Waals surface area contributed by atoms with E-state index in [9.17, 15) is 19.5 Å². The zero-order valence-electron chi connectivity index (χ0n) is 23.7. The van der Waals surface area contributed by atoms with Crippen LogP contribution in [0.15, 0.2) is 47.6 Å². The Balaban J connectivity index is 1.46. The van der Waals surface area contributed by atoms with E-state index in [1.54, 1.807) is 6.08 Å². The fourth-order valence-corrected chi connectivity index (χ4v) is 9.20. The third-order valence-corrected chi connectivity index (χ3v) is 11.0. The van der Waals surface area contributed by atoms with Gasteiger partial charge in [-0.2, -0.15) is 0 Å². The van der Waals surface area contributed by atoms with E-state index in [1.165, 1.54) is 13.2 Å². The summed E-state index contributed by atoms with van der Waals surface area (Å²) in [7, 11) is 1.37. The molecule has 8 nitrogen and oxygen atoms in total. The SMILES string of the molecule is COC(=O)C[C@H]1[C@]2(C)C3=C(C)C(=O)C[C@H]3O[C@@H]2[C@@H]2OC[C@]3(C)[C@H](O)C[C@H](OC(=O)/C=C/c4ccccc4)[C@@]1(C)[C@@H]23. The van der Waals surface area contributed by atoms with E-state index in [2.05, 4.69) is 13.8 Å². The largest absolute Gasteiger partial charge is 0.469 e. The van der Waals surface area contributed by atoms with Gasteiger partial charge in [0.25, 0.3) is 0 Å². The van der Waals surface area contributed by atoms with Gasteiger partial charge in [0.05, 0.1) is 38.1 Å². The number of aliphatic hydroxyl groups is 1. The number of fused-ring (bicyclic) bond motifs is 4. The molecule has 6 rings (SSSR count). The van der Waals surface area contributed by atoms with Crippen LogP contribution in [0.5, 0.6) is 0 Å². The highest BCUT2D eigenvalue weighted by atomic mass is 16.6. The molecule has 1 N–H and O–H groups in total. The number of esters is 2. The van der Waals surface area contributed by atoms with E-state index >= 15 is 0 Å². The Kier molecular flexibility index (Phi) is 6.40. The molecule has 0 aromatic heterocycles. The molecular formula is C32H38O8. The van der Waals surface area contributed by atoms with Gasteiger partial charge in [-0.3, -0.25) is 9.59 Å². The van der Waals surface area contributed by atoms with E-state index in [1.807, 2.05) is 44.2 Å². The molecular weight excluding hydrogens is 512 g/mol. The molecule has 2 saturated heterocycles. The number of carbonyl (C=O) groups is 3. The smallest absolute Gasteiger partial charge is 0.331 e. The van der Waals surface area contributed by atoms with Crippen LogP contribution in [0.1, 0.15) is 52.5 Å². The lowest BCUT2D eigenvalue weighted by Gasteiger charge is -2.65. The first kappa shape index (κ1) is 27.4. The molecule has 40 heavy (non-hydrogen) atoms. The second-order valence-corrected chi connectivity index (χ2v) is 12.9. The van der Waals surface area contributed by atoms with Gasteiger partial charge >= 0.3 is 11.9 Å². The van der Waals surface area contributed by atoms with Crippen LogP contribution in [0.3, 0.4) is 0 Å². The summed E-state index contributed by atoms with van der Waals surface area (Å²) in [4.78, 5) is 39.1. The highest BCUT2D eigenvalue weighted by Crippen LogP contribution is 2.73. The van der Waals surface area contributed by atoms with Crippen molar-refractivity contribution in [3.63, 3.8) is 0 Å². The minimum absolute atomic E-state index is 0.0500. The number of carbonyl (C=O) groups excluding carboxylic acids is 3. The summed E-state index contributed by atoms with van der Waals surface area (Å²) in [5.41, 5.74) is 0.324. The van der Waals surface area contributed by atoms with E-state index in [0.717, 1.165) is 11.1 Å². The number of aliphatic hydroxyl groups excluding tert-OH is 1. The van der Waals surface area contributed by atoms with Crippen molar-refractivity contribution in [3.8, 4) is 0 Å². The van der Waals surface area contributed by atoms with Crippen molar-refractivity contribution in [2.24, 2.45) is 28.1 Å². The number of methoxy groups -OCH3 is 1. The number of rotatable bonds is 5. The Morgan fingerprint density at radius 2 is 1.90 bits per heavy atom. The van der Waals surface area contributed by atoms with Gasteiger partial charge in [-0.1, -0.05) is 51.1 Å². The first-order valence-electron chi connectivity index (χ1n) is 14.2. The Hall–Kier alpha value is -2.81. The van der Waals surface area contributed by atoms with Crippen LogP contribution in [0.25, 0.3) is 6.08 Å². The van der Waals surface area contributed by atoms with Crippen molar-refractivity contribution in [3.05, 3.63) is 53.1 Å². The normalized spacial score (nSPS) is 43.5. The Morgan fingerprint density at radius 1 is 1.18 bits per heavy atom.